The maximum Gasteiger partial charge on any atom is 0.416 e. The third kappa shape index (κ3) is 3.13. The lowest BCUT2D eigenvalue weighted by Gasteiger charge is -2.14. The Kier molecular flexibility index (Phi) is 3.60. The van der Waals surface area contributed by atoms with Crippen molar-refractivity contribution in [2.24, 2.45) is 0 Å². The molecule has 0 saturated carbocycles. The Labute approximate surface area is 110 Å². The second-order valence-electron chi connectivity index (χ2n) is 4.74. The number of pyridine rings is 1. The summed E-state index contributed by atoms with van der Waals surface area (Å²) in [6.45, 7) is 3.75. The van der Waals surface area contributed by atoms with E-state index >= 15 is 0 Å². The zero-order chi connectivity index (χ0) is 14.0. The van der Waals surface area contributed by atoms with E-state index in [1.807, 2.05) is 13.8 Å². The molecule has 2 aromatic rings. The van der Waals surface area contributed by atoms with E-state index in [9.17, 15) is 13.2 Å². The monoisotopic (exact) mass is 265 g/mol. The number of hydrogen-bond acceptors (Lipinski definition) is 1. The lowest BCUT2D eigenvalue weighted by Crippen LogP contribution is -2.06. The van der Waals surface area contributed by atoms with E-state index < -0.39 is 11.7 Å². The van der Waals surface area contributed by atoms with E-state index in [-0.39, 0.29) is 5.92 Å². The van der Waals surface area contributed by atoms with Gasteiger partial charge in [0.05, 0.1) is 5.56 Å². The number of hydrogen-bond donors (Lipinski definition) is 0. The van der Waals surface area contributed by atoms with Crippen LogP contribution in [0, 0.1) is 0 Å². The molecule has 0 aliphatic heterocycles. The quantitative estimate of drug-likeness (QED) is 0.753. The van der Waals surface area contributed by atoms with Gasteiger partial charge in [-0.15, -0.1) is 0 Å². The van der Waals surface area contributed by atoms with Gasteiger partial charge in [-0.25, -0.2) is 0 Å². The number of benzene rings is 1. The number of halogens is 3. The normalized spacial score (nSPS) is 11.9. The second-order valence-corrected chi connectivity index (χ2v) is 4.74. The van der Waals surface area contributed by atoms with Gasteiger partial charge < -0.3 is 0 Å². The summed E-state index contributed by atoms with van der Waals surface area (Å²) >= 11 is 0. The highest BCUT2D eigenvalue weighted by atomic mass is 19.4. The minimum absolute atomic E-state index is 0.0396. The molecule has 0 N–H and O–H groups in total. The van der Waals surface area contributed by atoms with Crippen LogP contribution in [0.25, 0.3) is 11.1 Å². The van der Waals surface area contributed by atoms with Crippen molar-refractivity contribution < 1.29 is 13.2 Å². The number of nitrogens with zero attached hydrogens (tertiary/aromatic N) is 1. The number of aromatic nitrogens is 1. The van der Waals surface area contributed by atoms with Crippen LogP contribution in [0.4, 0.5) is 13.2 Å². The molecular formula is C15H14F3N. The second kappa shape index (κ2) is 5.03. The first kappa shape index (κ1) is 13.6. The molecule has 0 spiro atoms. The lowest BCUT2D eigenvalue weighted by molar-refractivity contribution is -0.137. The van der Waals surface area contributed by atoms with E-state index in [1.165, 1.54) is 12.1 Å². The molecule has 0 bridgehead atoms. The van der Waals surface area contributed by atoms with Crippen LogP contribution in [0.2, 0.25) is 0 Å². The maximum atomic E-state index is 12.9. The van der Waals surface area contributed by atoms with Crippen LogP contribution in [-0.2, 0) is 6.18 Å². The third-order valence-electron chi connectivity index (χ3n) is 2.94. The number of alkyl halides is 3. The van der Waals surface area contributed by atoms with Crippen LogP contribution >= 0.6 is 0 Å². The summed E-state index contributed by atoms with van der Waals surface area (Å²) < 4.78 is 38.7. The predicted molar refractivity (Wildman–Crippen MR) is 68.8 cm³/mol. The van der Waals surface area contributed by atoms with Crippen LogP contribution in [0.3, 0.4) is 0 Å². The van der Waals surface area contributed by atoms with Gasteiger partial charge in [0.25, 0.3) is 0 Å². The van der Waals surface area contributed by atoms with Gasteiger partial charge in [0.15, 0.2) is 0 Å². The lowest BCUT2D eigenvalue weighted by atomic mass is 9.95. The highest BCUT2D eigenvalue weighted by Gasteiger charge is 2.31. The first-order chi connectivity index (χ1) is 8.88. The summed E-state index contributed by atoms with van der Waals surface area (Å²) in [6, 6.07) is 7.64. The van der Waals surface area contributed by atoms with Gasteiger partial charge in [-0.3, -0.25) is 4.98 Å². The van der Waals surface area contributed by atoms with E-state index in [0.717, 1.165) is 0 Å². The Morgan fingerprint density at radius 3 is 2.32 bits per heavy atom. The van der Waals surface area contributed by atoms with Crippen molar-refractivity contribution in [2.45, 2.75) is 25.9 Å². The summed E-state index contributed by atoms with van der Waals surface area (Å²) in [6.07, 6.45) is -1.16. The van der Waals surface area contributed by atoms with Gasteiger partial charge in [-0.05, 0) is 35.2 Å². The Morgan fingerprint density at radius 2 is 1.79 bits per heavy atom. The standard InChI is InChI=1S/C15H14F3N/c1-10(2)12-6-13(11-4-3-5-19-9-11)8-14(7-12)15(16,17)18/h3-10H,1-2H3. The van der Waals surface area contributed by atoms with Crippen molar-refractivity contribution >= 4 is 0 Å². The summed E-state index contributed by atoms with van der Waals surface area (Å²) in [4.78, 5) is 3.95. The molecule has 1 aromatic heterocycles. The Morgan fingerprint density at radius 1 is 1.05 bits per heavy atom. The largest absolute Gasteiger partial charge is 0.416 e. The Balaban J connectivity index is 2.59. The fraction of sp³-hybridized carbons (Fsp3) is 0.267. The molecule has 100 valence electrons. The molecule has 4 heteroatoms. The molecule has 19 heavy (non-hydrogen) atoms. The summed E-state index contributed by atoms with van der Waals surface area (Å²) in [5, 5.41) is 0. The highest BCUT2D eigenvalue weighted by molar-refractivity contribution is 5.64. The molecule has 0 amide bonds. The fourth-order valence-electron chi connectivity index (χ4n) is 1.85. The van der Waals surface area contributed by atoms with Gasteiger partial charge in [0, 0.05) is 18.0 Å². The molecule has 0 fully saturated rings. The van der Waals surface area contributed by atoms with Crippen molar-refractivity contribution in [2.75, 3.05) is 0 Å². The molecule has 1 nitrogen and oxygen atoms in total. The fourth-order valence-corrected chi connectivity index (χ4v) is 1.85. The van der Waals surface area contributed by atoms with Crippen LogP contribution in [0.5, 0.6) is 0 Å². The molecule has 0 unspecified atom stereocenters. The summed E-state index contributed by atoms with van der Waals surface area (Å²) in [7, 11) is 0. The molecule has 1 aromatic carbocycles. The van der Waals surface area contributed by atoms with E-state index in [4.69, 9.17) is 0 Å². The predicted octanol–water partition coefficient (Wildman–Crippen LogP) is 4.89. The minimum atomic E-state index is -4.33. The molecule has 0 atom stereocenters. The van der Waals surface area contributed by atoms with Gasteiger partial charge in [0.1, 0.15) is 0 Å². The van der Waals surface area contributed by atoms with Gasteiger partial charge in [-0.2, -0.15) is 13.2 Å². The van der Waals surface area contributed by atoms with Crippen molar-refractivity contribution in [3.8, 4) is 11.1 Å². The van der Waals surface area contributed by atoms with Crippen molar-refractivity contribution in [1.82, 2.24) is 4.98 Å². The Bertz CT molecular complexity index is 559. The van der Waals surface area contributed by atoms with Crippen LogP contribution in [0.1, 0.15) is 30.9 Å². The molecule has 2 rings (SSSR count). The van der Waals surface area contributed by atoms with Gasteiger partial charge in [-0.1, -0.05) is 26.0 Å². The zero-order valence-corrected chi connectivity index (χ0v) is 10.7. The average Bonchev–Trinajstić information content (AvgIpc) is 2.38. The SMILES string of the molecule is CC(C)c1cc(-c2cccnc2)cc(C(F)(F)F)c1. The highest BCUT2D eigenvalue weighted by Crippen LogP contribution is 2.34. The molecule has 1 heterocycles. The van der Waals surface area contributed by atoms with Crippen molar-refractivity contribution in [1.29, 1.82) is 0 Å². The van der Waals surface area contributed by atoms with E-state index in [1.54, 1.807) is 30.6 Å². The number of rotatable bonds is 2. The van der Waals surface area contributed by atoms with Gasteiger partial charge >= 0.3 is 6.18 Å². The molecule has 0 aliphatic rings. The summed E-state index contributed by atoms with van der Waals surface area (Å²) in [5.41, 5.74) is 1.30. The van der Waals surface area contributed by atoms with Crippen LogP contribution < -0.4 is 0 Å². The van der Waals surface area contributed by atoms with E-state index in [2.05, 4.69) is 4.98 Å². The average molecular weight is 265 g/mol. The van der Waals surface area contributed by atoms with Crippen LogP contribution in [-0.4, -0.2) is 4.98 Å². The summed E-state index contributed by atoms with van der Waals surface area (Å²) in [5.74, 6) is 0.0396. The van der Waals surface area contributed by atoms with Crippen LogP contribution in [0.15, 0.2) is 42.7 Å². The van der Waals surface area contributed by atoms with Gasteiger partial charge in [0.2, 0.25) is 0 Å². The smallest absolute Gasteiger partial charge is 0.264 e. The maximum absolute atomic E-state index is 12.9. The van der Waals surface area contributed by atoms with Crippen molar-refractivity contribution in [3.63, 3.8) is 0 Å². The van der Waals surface area contributed by atoms with Crippen molar-refractivity contribution in [3.05, 3.63) is 53.9 Å². The molecule has 0 radical (unpaired) electrons. The first-order valence-corrected chi connectivity index (χ1v) is 6.00. The Hall–Kier alpha value is -1.84. The topological polar surface area (TPSA) is 12.9 Å². The third-order valence-corrected chi connectivity index (χ3v) is 2.94. The van der Waals surface area contributed by atoms with E-state index in [0.29, 0.717) is 16.7 Å². The minimum Gasteiger partial charge on any atom is -0.264 e. The molecular weight excluding hydrogens is 251 g/mol. The first-order valence-electron chi connectivity index (χ1n) is 6.00. The zero-order valence-electron chi connectivity index (χ0n) is 10.7. The molecule has 0 saturated heterocycles. The molecule has 0 aliphatic carbocycles.